The van der Waals surface area contributed by atoms with E-state index in [1.54, 1.807) is 0 Å². The number of fused-ring (bicyclic) bond motifs is 1. The first kappa shape index (κ1) is 32.7. The summed E-state index contributed by atoms with van der Waals surface area (Å²) in [4.78, 5) is 59.8. The molecule has 5 atom stereocenters. The minimum Gasteiger partial charge on any atom is -0.390 e. The number of aliphatic hydroxyl groups is 1. The molecule has 0 aliphatic carbocycles. The van der Waals surface area contributed by atoms with Gasteiger partial charge in [-0.05, 0) is 19.6 Å². The number of hydrogen-bond donors (Lipinski definition) is 7. The molecule has 3 rings (SSSR count). The number of aliphatic hydroxyl groups excluding tert-OH is 1. The Bertz CT molecular complexity index is 1270. The number of ether oxygens (including phenoxy) is 1. The van der Waals surface area contributed by atoms with Crippen molar-refractivity contribution in [2.75, 3.05) is 32.0 Å². The highest BCUT2D eigenvalue weighted by atomic mass is 31.3. The van der Waals surface area contributed by atoms with Crippen LogP contribution in [0.2, 0.25) is 0 Å². The maximum absolute atomic E-state index is 11.8. The van der Waals surface area contributed by atoms with Crippen LogP contribution >= 0.6 is 23.5 Å². The van der Waals surface area contributed by atoms with Crippen LogP contribution in [0, 0.1) is 0 Å². The van der Waals surface area contributed by atoms with E-state index in [1.807, 2.05) is 0 Å². The van der Waals surface area contributed by atoms with Gasteiger partial charge in [-0.25, -0.2) is 18.7 Å². The maximum atomic E-state index is 11.8. The Balaban J connectivity index is 0.000000638. The van der Waals surface area contributed by atoms with Crippen molar-refractivity contribution < 1.29 is 56.3 Å². The van der Waals surface area contributed by atoms with Gasteiger partial charge in [0, 0.05) is 6.42 Å². The van der Waals surface area contributed by atoms with Crippen LogP contribution in [-0.4, -0.2) is 87.5 Å². The summed E-state index contributed by atoms with van der Waals surface area (Å²) in [7, 11) is -16.6. The number of aromatic amines is 1. The monoisotopic (exact) mass is 608 g/mol. The summed E-state index contributed by atoms with van der Waals surface area (Å²) in [6.45, 7) is 9.28. The van der Waals surface area contributed by atoms with Crippen LogP contribution in [0.3, 0.4) is 0 Å². The van der Waals surface area contributed by atoms with E-state index in [2.05, 4.69) is 53.8 Å². The Labute approximate surface area is 216 Å². The molecule has 22 heteroatoms. The van der Waals surface area contributed by atoms with Crippen LogP contribution in [0.15, 0.2) is 11.1 Å². The molecule has 38 heavy (non-hydrogen) atoms. The molecule has 1 aliphatic heterocycles. The van der Waals surface area contributed by atoms with Crippen molar-refractivity contribution in [2.24, 2.45) is 0 Å². The molecule has 0 aromatic carbocycles. The van der Waals surface area contributed by atoms with Gasteiger partial charge in [-0.1, -0.05) is 20.8 Å². The maximum Gasteiger partial charge on any atom is 0.490 e. The predicted octanol–water partition coefficient (Wildman–Crippen LogP) is 0.0416. The first-order valence-electron chi connectivity index (χ1n) is 11.1. The molecule has 3 heterocycles. The van der Waals surface area contributed by atoms with Gasteiger partial charge >= 0.3 is 23.5 Å². The zero-order valence-electron chi connectivity index (χ0n) is 20.6. The summed E-state index contributed by atoms with van der Waals surface area (Å²) < 4.78 is 52.1. The molecule has 1 saturated heterocycles. The fraction of sp³-hybridized carbons (Fsp3) is 0.688. The van der Waals surface area contributed by atoms with Crippen molar-refractivity contribution in [3.63, 3.8) is 0 Å². The van der Waals surface area contributed by atoms with Crippen LogP contribution < -0.4 is 11.3 Å². The summed E-state index contributed by atoms with van der Waals surface area (Å²) in [6.07, 6.45) is -2.36. The fourth-order valence-electron chi connectivity index (χ4n) is 3.33. The Morgan fingerprint density at radius 3 is 2.26 bits per heavy atom. The third kappa shape index (κ3) is 9.57. The molecule has 8 N–H and O–H groups in total. The molecule has 1 fully saturated rings. The molecule has 2 unspecified atom stereocenters. The number of anilines is 1. The van der Waals surface area contributed by atoms with E-state index in [-0.39, 0.29) is 23.5 Å². The van der Waals surface area contributed by atoms with Crippen molar-refractivity contribution in [1.29, 1.82) is 0 Å². The van der Waals surface area contributed by atoms with Gasteiger partial charge in [-0.3, -0.25) is 18.9 Å². The molecule has 1 aliphatic rings. The minimum absolute atomic E-state index is 0.0481. The number of aromatic nitrogens is 4. The third-order valence-electron chi connectivity index (χ3n) is 5.12. The van der Waals surface area contributed by atoms with E-state index in [9.17, 15) is 28.5 Å². The van der Waals surface area contributed by atoms with Gasteiger partial charge < -0.3 is 40.1 Å². The molecular weight excluding hydrogens is 577 g/mol. The molecule has 2 aromatic rings. The van der Waals surface area contributed by atoms with Gasteiger partial charge in [-0.2, -0.15) is 13.6 Å². The fourth-order valence-corrected chi connectivity index (χ4v) is 6.36. The number of H-pyrrole nitrogens is 1. The number of nitrogen functional groups attached to an aromatic ring is 1. The van der Waals surface area contributed by atoms with Gasteiger partial charge in [0.2, 0.25) is 5.95 Å². The van der Waals surface area contributed by atoms with E-state index in [0.717, 1.165) is 0 Å². The lowest BCUT2D eigenvalue weighted by atomic mass is 10.2. The molecule has 2 aromatic heterocycles. The largest absolute Gasteiger partial charge is 0.490 e. The quantitative estimate of drug-likeness (QED) is 0.166. The molecule has 19 nitrogen and oxygen atoms in total. The average Bonchev–Trinajstić information content (AvgIpc) is 3.34. The normalized spacial score (nSPS) is 23.1. The van der Waals surface area contributed by atoms with Crippen molar-refractivity contribution >= 4 is 40.6 Å². The topological polar surface area (TPSA) is 282 Å². The first-order valence-corrected chi connectivity index (χ1v) is 15.6. The number of nitrogens with two attached hydrogens (primary N) is 1. The Kier molecular flexibility index (Phi) is 11.3. The molecule has 0 radical (unpaired) electrons. The highest BCUT2D eigenvalue weighted by molar-refractivity contribution is 7.66. The summed E-state index contributed by atoms with van der Waals surface area (Å²) in [6, 6.07) is 0. The lowest BCUT2D eigenvalue weighted by Gasteiger charge is -2.19. The second-order valence-electron chi connectivity index (χ2n) is 7.71. The van der Waals surface area contributed by atoms with Crippen LogP contribution in [0.5, 0.6) is 0 Å². The first-order chi connectivity index (χ1) is 17.5. The summed E-state index contributed by atoms with van der Waals surface area (Å²) in [5.41, 5.74) is 4.89. The summed E-state index contributed by atoms with van der Waals surface area (Å²) in [5, 5.41) is 10.1. The Morgan fingerprint density at radius 2 is 1.74 bits per heavy atom. The smallest absolute Gasteiger partial charge is 0.390 e. The lowest BCUT2D eigenvalue weighted by molar-refractivity contribution is -0.0423. The van der Waals surface area contributed by atoms with Crippen LogP contribution in [0.4, 0.5) is 5.95 Å². The highest BCUT2D eigenvalue weighted by Gasteiger charge is 2.43. The van der Waals surface area contributed by atoms with Crippen molar-refractivity contribution in [2.45, 2.75) is 45.6 Å². The van der Waals surface area contributed by atoms with Gasteiger partial charge in [0.1, 0.15) is 12.3 Å². The SMILES string of the molecule is CCN(CC)CC.Nc1nc2c(ncn2[C@H]2C[C@H](O)[C@@H](COP(=O)(O)OP(=O)(O)OP(=O)(O)O)O2)c(=O)[nH]1. The van der Waals surface area contributed by atoms with E-state index in [1.165, 1.54) is 30.5 Å². The molecule has 0 spiro atoms. The molecular formula is C16H31N6O13P3. The zero-order chi connectivity index (χ0) is 28.9. The lowest BCUT2D eigenvalue weighted by Crippen LogP contribution is -2.26. The van der Waals surface area contributed by atoms with Crippen molar-refractivity contribution in [1.82, 2.24) is 24.4 Å². The van der Waals surface area contributed by atoms with Crippen LogP contribution in [-0.2, 0) is 31.6 Å². The van der Waals surface area contributed by atoms with E-state index in [0.29, 0.717) is 0 Å². The van der Waals surface area contributed by atoms with Crippen LogP contribution in [0.1, 0.15) is 33.4 Å². The van der Waals surface area contributed by atoms with E-state index in [4.69, 9.17) is 25.2 Å². The Hall–Kier alpha value is -1.56. The minimum atomic E-state index is -5.67. The van der Waals surface area contributed by atoms with Gasteiger partial charge in [0.05, 0.1) is 19.0 Å². The third-order valence-corrected chi connectivity index (χ3v) is 8.93. The number of imidazole rings is 1. The number of hydrogen-bond acceptors (Lipinski definition) is 13. The van der Waals surface area contributed by atoms with Crippen molar-refractivity contribution in [3.8, 4) is 0 Å². The molecule has 0 bridgehead atoms. The number of rotatable bonds is 11. The van der Waals surface area contributed by atoms with Crippen LogP contribution in [0.25, 0.3) is 11.2 Å². The standard InChI is InChI=1S/C10H16N5O13P3.C6H15N/c11-10-13-8-7(9(17)14-10)12-3-15(8)6-1-4(16)5(26-6)2-25-30(21,22)28-31(23,24)27-29(18,19)20;1-4-7(5-2)6-3/h3-6,16H,1-2H2,(H,21,22)(H,23,24)(H2,18,19,20)(H3,11,13,14,17);4-6H2,1-3H3/t4-,5+,6+;/m0./s1. The van der Waals surface area contributed by atoms with Crippen molar-refractivity contribution in [3.05, 3.63) is 16.7 Å². The van der Waals surface area contributed by atoms with E-state index >= 15 is 0 Å². The Morgan fingerprint density at radius 1 is 1.13 bits per heavy atom. The number of phosphoric acid groups is 3. The van der Waals surface area contributed by atoms with E-state index < -0.39 is 54.1 Å². The molecule has 0 amide bonds. The van der Waals surface area contributed by atoms with Gasteiger partial charge in [0.15, 0.2) is 11.2 Å². The highest BCUT2D eigenvalue weighted by Crippen LogP contribution is 2.66. The van der Waals surface area contributed by atoms with Gasteiger partial charge in [-0.15, -0.1) is 0 Å². The molecule has 0 saturated carbocycles. The summed E-state index contributed by atoms with van der Waals surface area (Å²) >= 11 is 0. The average molecular weight is 608 g/mol. The predicted molar refractivity (Wildman–Crippen MR) is 130 cm³/mol. The molecule has 218 valence electrons. The second kappa shape index (κ2) is 13.2. The summed E-state index contributed by atoms with van der Waals surface area (Å²) in [5.74, 6) is -0.193. The second-order valence-corrected chi connectivity index (χ2v) is 12.1. The zero-order valence-corrected chi connectivity index (χ0v) is 23.2. The number of phosphoric ester groups is 1. The number of nitrogens with zero attached hydrogens (tertiary/aromatic N) is 4. The van der Waals surface area contributed by atoms with Gasteiger partial charge in [0.25, 0.3) is 5.56 Å². The number of nitrogens with one attached hydrogen (secondary N) is 1.